The molecule has 0 unspecified atom stereocenters. The van der Waals surface area contributed by atoms with E-state index in [9.17, 15) is 0 Å². The summed E-state index contributed by atoms with van der Waals surface area (Å²) in [5.74, 6) is 1.49. The number of benzene rings is 2. The van der Waals surface area contributed by atoms with Crippen LogP contribution in [-0.2, 0) is 6.54 Å². The molecule has 2 aromatic rings. The SMILES string of the molecule is COc1cc(NCc2cc(Br)ccc2Cl)cc(OC)c1. The molecule has 0 amide bonds. The van der Waals surface area contributed by atoms with Crippen LogP contribution in [0.15, 0.2) is 40.9 Å². The number of hydrogen-bond donors (Lipinski definition) is 1. The summed E-state index contributed by atoms with van der Waals surface area (Å²) in [5, 5.41) is 4.05. The molecule has 5 heteroatoms. The molecule has 0 bridgehead atoms. The first kappa shape index (κ1) is 15.0. The van der Waals surface area contributed by atoms with Crippen LogP contribution in [0.25, 0.3) is 0 Å². The van der Waals surface area contributed by atoms with Crippen molar-refractivity contribution >= 4 is 33.2 Å². The van der Waals surface area contributed by atoms with Gasteiger partial charge in [-0.05, 0) is 23.8 Å². The number of ether oxygens (including phenoxy) is 2. The highest BCUT2D eigenvalue weighted by Crippen LogP contribution is 2.27. The van der Waals surface area contributed by atoms with E-state index in [1.165, 1.54) is 0 Å². The standard InChI is InChI=1S/C15H15BrClNO2/c1-19-13-6-12(7-14(8-13)20-2)18-9-10-5-11(16)3-4-15(10)17/h3-8,18H,9H2,1-2H3. The van der Waals surface area contributed by atoms with E-state index in [-0.39, 0.29) is 0 Å². The van der Waals surface area contributed by atoms with Gasteiger partial charge in [0.25, 0.3) is 0 Å². The van der Waals surface area contributed by atoms with Crippen molar-refractivity contribution in [2.75, 3.05) is 19.5 Å². The minimum Gasteiger partial charge on any atom is -0.497 e. The van der Waals surface area contributed by atoms with Gasteiger partial charge in [0.05, 0.1) is 14.2 Å². The van der Waals surface area contributed by atoms with Gasteiger partial charge in [-0.1, -0.05) is 27.5 Å². The molecule has 0 spiro atoms. The largest absolute Gasteiger partial charge is 0.497 e. The second-order valence-electron chi connectivity index (χ2n) is 4.19. The molecule has 0 aromatic heterocycles. The summed E-state index contributed by atoms with van der Waals surface area (Å²) in [6.07, 6.45) is 0. The predicted octanol–water partition coefficient (Wildman–Crippen LogP) is 4.73. The van der Waals surface area contributed by atoms with Crippen molar-refractivity contribution in [3.05, 3.63) is 51.5 Å². The Bertz CT molecular complexity index is 582. The Morgan fingerprint density at radius 1 is 1.05 bits per heavy atom. The molecule has 2 rings (SSSR count). The maximum absolute atomic E-state index is 6.17. The smallest absolute Gasteiger partial charge is 0.124 e. The highest BCUT2D eigenvalue weighted by atomic mass is 79.9. The molecule has 106 valence electrons. The number of methoxy groups -OCH3 is 2. The molecular formula is C15H15BrClNO2. The van der Waals surface area contributed by atoms with Gasteiger partial charge in [-0.2, -0.15) is 0 Å². The third-order valence-corrected chi connectivity index (χ3v) is 3.70. The summed E-state index contributed by atoms with van der Waals surface area (Å²) in [5.41, 5.74) is 1.93. The first-order valence-corrected chi connectivity index (χ1v) is 7.20. The summed E-state index contributed by atoms with van der Waals surface area (Å²) in [4.78, 5) is 0. The van der Waals surface area contributed by atoms with E-state index in [1.807, 2.05) is 36.4 Å². The molecule has 0 saturated carbocycles. The van der Waals surface area contributed by atoms with Gasteiger partial charge in [-0.25, -0.2) is 0 Å². The topological polar surface area (TPSA) is 30.5 Å². The molecule has 1 N–H and O–H groups in total. The summed E-state index contributed by atoms with van der Waals surface area (Å²) in [6.45, 7) is 0.620. The number of nitrogens with one attached hydrogen (secondary N) is 1. The first-order chi connectivity index (χ1) is 9.62. The quantitative estimate of drug-likeness (QED) is 0.840. The Morgan fingerprint density at radius 2 is 1.70 bits per heavy atom. The van der Waals surface area contributed by atoms with Crippen molar-refractivity contribution < 1.29 is 9.47 Å². The van der Waals surface area contributed by atoms with Crippen molar-refractivity contribution in [1.29, 1.82) is 0 Å². The van der Waals surface area contributed by atoms with E-state index >= 15 is 0 Å². The zero-order valence-electron chi connectivity index (χ0n) is 11.2. The molecule has 0 aliphatic heterocycles. The van der Waals surface area contributed by atoms with Gasteiger partial charge in [0.1, 0.15) is 11.5 Å². The van der Waals surface area contributed by atoms with Crippen molar-refractivity contribution in [3.8, 4) is 11.5 Å². The van der Waals surface area contributed by atoms with Crippen LogP contribution in [0.2, 0.25) is 5.02 Å². The maximum atomic E-state index is 6.17. The lowest BCUT2D eigenvalue weighted by Gasteiger charge is -2.11. The van der Waals surface area contributed by atoms with Gasteiger partial charge in [-0.15, -0.1) is 0 Å². The van der Waals surface area contributed by atoms with Crippen LogP contribution in [0.5, 0.6) is 11.5 Å². The van der Waals surface area contributed by atoms with E-state index in [2.05, 4.69) is 21.2 Å². The molecule has 3 nitrogen and oxygen atoms in total. The predicted molar refractivity (Wildman–Crippen MR) is 86.0 cm³/mol. The molecule has 0 heterocycles. The van der Waals surface area contributed by atoms with Crippen LogP contribution in [0, 0.1) is 0 Å². The summed E-state index contributed by atoms with van der Waals surface area (Å²) < 4.78 is 11.5. The van der Waals surface area contributed by atoms with Gasteiger partial charge in [-0.3, -0.25) is 0 Å². The number of rotatable bonds is 5. The Balaban J connectivity index is 2.16. The summed E-state index contributed by atoms with van der Waals surface area (Å²) in [6, 6.07) is 11.4. The summed E-state index contributed by atoms with van der Waals surface area (Å²) in [7, 11) is 3.26. The molecule has 20 heavy (non-hydrogen) atoms. The average Bonchev–Trinajstić information content (AvgIpc) is 2.47. The first-order valence-electron chi connectivity index (χ1n) is 6.03. The molecule has 0 saturated heterocycles. The monoisotopic (exact) mass is 355 g/mol. The van der Waals surface area contributed by atoms with Crippen molar-refractivity contribution in [2.24, 2.45) is 0 Å². The molecule has 0 aliphatic carbocycles. The lowest BCUT2D eigenvalue weighted by molar-refractivity contribution is 0.394. The van der Waals surface area contributed by atoms with E-state index in [0.29, 0.717) is 6.54 Å². The Morgan fingerprint density at radius 3 is 2.30 bits per heavy atom. The third-order valence-electron chi connectivity index (χ3n) is 2.84. The van der Waals surface area contributed by atoms with Crippen molar-refractivity contribution in [1.82, 2.24) is 0 Å². The van der Waals surface area contributed by atoms with Gasteiger partial charge in [0.2, 0.25) is 0 Å². The average molecular weight is 357 g/mol. The number of anilines is 1. The molecular weight excluding hydrogens is 342 g/mol. The lowest BCUT2D eigenvalue weighted by Crippen LogP contribution is -2.01. The highest BCUT2D eigenvalue weighted by Gasteiger charge is 2.04. The van der Waals surface area contributed by atoms with Crippen LogP contribution in [0.4, 0.5) is 5.69 Å². The van der Waals surface area contributed by atoms with E-state index in [1.54, 1.807) is 14.2 Å². The zero-order valence-corrected chi connectivity index (χ0v) is 13.6. The molecule has 2 aromatic carbocycles. The van der Waals surface area contributed by atoms with Gasteiger partial charge >= 0.3 is 0 Å². The van der Waals surface area contributed by atoms with Crippen molar-refractivity contribution in [3.63, 3.8) is 0 Å². The normalized spacial score (nSPS) is 10.2. The third kappa shape index (κ3) is 3.81. The van der Waals surface area contributed by atoms with E-state index in [0.717, 1.165) is 32.2 Å². The van der Waals surface area contributed by atoms with Gasteiger partial charge < -0.3 is 14.8 Å². The summed E-state index contributed by atoms with van der Waals surface area (Å²) >= 11 is 9.61. The van der Waals surface area contributed by atoms with E-state index in [4.69, 9.17) is 21.1 Å². The molecule has 0 aliphatic rings. The Hall–Kier alpha value is -1.39. The van der Waals surface area contributed by atoms with Crippen LogP contribution in [0.1, 0.15) is 5.56 Å². The lowest BCUT2D eigenvalue weighted by atomic mass is 10.2. The highest BCUT2D eigenvalue weighted by molar-refractivity contribution is 9.10. The fourth-order valence-corrected chi connectivity index (χ4v) is 2.38. The second kappa shape index (κ2) is 6.86. The van der Waals surface area contributed by atoms with Crippen molar-refractivity contribution in [2.45, 2.75) is 6.54 Å². The Kier molecular flexibility index (Phi) is 5.15. The number of hydrogen-bond acceptors (Lipinski definition) is 3. The minimum atomic E-state index is 0.620. The Labute approximate surface area is 132 Å². The van der Waals surface area contributed by atoms with Crippen LogP contribution < -0.4 is 14.8 Å². The van der Waals surface area contributed by atoms with Crippen LogP contribution in [-0.4, -0.2) is 14.2 Å². The van der Waals surface area contributed by atoms with Gasteiger partial charge in [0, 0.05) is 39.9 Å². The maximum Gasteiger partial charge on any atom is 0.124 e. The zero-order chi connectivity index (χ0) is 14.5. The van der Waals surface area contributed by atoms with Gasteiger partial charge in [0.15, 0.2) is 0 Å². The fraction of sp³-hybridized carbons (Fsp3) is 0.200. The van der Waals surface area contributed by atoms with Crippen LogP contribution in [0.3, 0.4) is 0 Å². The van der Waals surface area contributed by atoms with E-state index < -0.39 is 0 Å². The van der Waals surface area contributed by atoms with Crippen LogP contribution >= 0.6 is 27.5 Å². The number of halogens is 2. The molecule has 0 atom stereocenters. The minimum absolute atomic E-state index is 0.620. The molecule has 0 fully saturated rings. The molecule has 0 radical (unpaired) electrons. The fourth-order valence-electron chi connectivity index (χ4n) is 1.79. The second-order valence-corrected chi connectivity index (χ2v) is 5.51.